The van der Waals surface area contributed by atoms with Crippen LogP contribution in [0.4, 0.5) is 5.69 Å². The molecule has 2 rings (SSSR count). The van der Waals surface area contributed by atoms with Crippen LogP contribution in [-0.2, 0) is 21.5 Å². The summed E-state index contributed by atoms with van der Waals surface area (Å²) in [6, 6.07) is 14.8. The molecule has 0 aliphatic carbocycles. The van der Waals surface area contributed by atoms with Gasteiger partial charge in [0, 0.05) is 20.6 Å². The van der Waals surface area contributed by atoms with Gasteiger partial charge in [0.15, 0.2) is 0 Å². The van der Waals surface area contributed by atoms with Gasteiger partial charge < -0.3 is 5.32 Å². The Balaban J connectivity index is 2.17. The first kappa shape index (κ1) is 19.9. The summed E-state index contributed by atoms with van der Waals surface area (Å²) in [5.41, 5.74) is 3.54. The highest BCUT2D eigenvalue weighted by atomic mass is 32.2. The van der Waals surface area contributed by atoms with Crippen LogP contribution in [0.2, 0.25) is 0 Å². The smallest absolute Gasteiger partial charge is 0.304 e. The van der Waals surface area contributed by atoms with Gasteiger partial charge in [0.1, 0.15) is 6.54 Å². The predicted octanol–water partition coefficient (Wildman–Crippen LogP) is 2.23. The van der Waals surface area contributed by atoms with E-state index in [0.29, 0.717) is 12.2 Å². The van der Waals surface area contributed by atoms with E-state index in [1.165, 1.54) is 14.1 Å². The van der Waals surface area contributed by atoms with Gasteiger partial charge in [-0.3, -0.25) is 4.79 Å². The van der Waals surface area contributed by atoms with Crippen molar-refractivity contribution in [2.45, 2.75) is 20.4 Å². The van der Waals surface area contributed by atoms with Crippen molar-refractivity contribution in [3.63, 3.8) is 0 Å². The normalized spacial score (nSPS) is 11.4. The van der Waals surface area contributed by atoms with Crippen LogP contribution >= 0.6 is 0 Å². The lowest BCUT2D eigenvalue weighted by atomic mass is 10.1. The van der Waals surface area contributed by atoms with Gasteiger partial charge in [-0.15, -0.1) is 0 Å². The van der Waals surface area contributed by atoms with Crippen molar-refractivity contribution < 1.29 is 13.2 Å². The van der Waals surface area contributed by atoms with Crippen LogP contribution < -0.4 is 9.62 Å². The number of hydrogen-bond acceptors (Lipinski definition) is 3. The molecule has 6 nitrogen and oxygen atoms in total. The second-order valence-electron chi connectivity index (χ2n) is 6.34. The van der Waals surface area contributed by atoms with Gasteiger partial charge in [-0.2, -0.15) is 12.7 Å². The zero-order valence-electron chi connectivity index (χ0n) is 15.6. The van der Waals surface area contributed by atoms with Crippen molar-refractivity contribution in [2.75, 3.05) is 24.9 Å². The average molecular weight is 375 g/mol. The summed E-state index contributed by atoms with van der Waals surface area (Å²) in [5, 5.41) is 2.80. The minimum Gasteiger partial charge on any atom is -0.350 e. The van der Waals surface area contributed by atoms with Crippen LogP contribution in [0.5, 0.6) is 0 Å². The van der Waals surface area contributed by atoms with E-state index in [1.54, 1.807) is 12.1 Å². The maximum Gasteiger partial charge on any atom is 0.304 e. The summed E-state index contributed by atoms with van der Waals surface area (Å²) in [7, 11) is -0.893. The third kappa shape index (κ3) is 4.83. The van der Waals surface area contributed by atoms with E-state index in [-0.39, 0.29) is 12.5 Å². The summed E-state index contributed by atoms with van der Waals surface area (Å²) in [4.78, 5) is 12.4. The number of nitrogens with zero attached hydrogens (tertiary/aromatic N) is 2. The van der Waals surface area contributed by atoms with Crippen molar-refractivity contribution in [3.8, 4) is 0 Å². The summed E-state index contributed by atoms with van der Waals surface area (Å²) >= 11 is 0. The SMILES string of the molecule is Cc1ccc(N(CC(=O)NCc2ccccc2C)S(=O)(=O)N(C)C)cc1. The fourth-order valence-corrected chi connectivity index (χ4v) is 3.47. The van der Waals surface area contributed by atoms with Crippen molar-refractivity contribution in [3.05, 3.63) is 65.2 Å². The first-order valence-electron chi connectivity index (χ1n) is 8.30. The first-order chi connectivity index (χ1) is 12.2. The molecule has 1 amide bonds. The predicted molar refractivity (Wildman–Crippen MR) is 104 cm³/mol. The van der Waals surface area contributed by atoms with Crippen LogP contribution in [0.3, 0.4) is 0 Å². The summed E-state index contributed by atoms with van der Waals surface area (Å²) < 4.78 is 27.5. The van der Waals surface area contributed by atoms with E-state index in [9.17, 15) is 13.2 Å². The number of amides is 1. The van der Waals surface area contributed by atoms with Crippen LogP contribution in [0.15, 0.2) is 48.5 Å². The molecule has 140 valence electrons. The number of aryl methyl sites for hydroxylation is 2. The summed E-state index contributed by atoms with van der Waals surface area (Å²) in [6.45, 7) is 3.96. The Labute approximate surface area is 155 Å². The molecule has 0 bridgehead atoms. The number of carbonyl (C=O) groups is 1. The Morgan fingerprint density at radius 3 is 2.19 bits per heavy atom. The first-order valence-corrected chi connectivity index (χ1v) is 9.69. The van der Waals surface area contributed by atoms with Gasteiger partial charge in [-0.1, -0.05) is 42.0 Å². The van der Waals surface area contributed by atoms with Gasteiger partial charge in [-0.05, 0) is 37.1 Å². The zero-order valence-corrected chi connectivity index (χ0v) is 16.4. The molecule has 0 aromatic heterocycles. The van der Waals surface area contributed by atoms with Gasteiger partial charge in [0.2, 0.25) is 5.91 Å². The molecule has 2 aromatic carbocycles. The summed E-state index contributed by atoms with van der Waals surface area (Å²) in [5.74, 6) is -0.362. The van der Waals surface area contributed by atoms with Gasteiger partial charge in [0.25, 0.3) is 0 Å². The van der Waals surface area contributed by atoms with E-state index in [1.807, 2.05) is 50.2 Å². The fraction of sp³-hybridized carbons (Fsp3) is 0.316. The van der Waals surface area contributed by atoms with Crippen molar-refractivity contribution in [1.29, 1.82) is 0 Å². The lowest BCUT2D eigenvalue weighted by Gasteiger charge is -2.27. The Bertz CT molecular complexity index is 862. The lowest BCUT2D eigenvalue weighted by Crippen LogP contribution is -2.45. The minimum absolute atomic E-state index is 0.282. The fourth-order valence-electron chi connectivity index (χ4n) is 2.40. The van der Waals surface area contributed by atoms with Crippen molar-refractivity contribution >= 4 is 21.8 Å². The Morgan fingerprint density at radius 1 is 1.00 bits per heavy atom. The molecule has 0 spiro atoms. The maximum absolute atomic E-state index is 12.7. The second kappa shape index (κ2) is 8.33. The molecule has 0 saturated heterocycles. The van der Waals surface area contributed by atoms with Crippen LogP contribution in [0, 0.1) is 13.8 Å². The molecule has 0 aliphatic heterocycles. The zero-order chi connectivity index (χ0) is 19.3. The molecule has 1 N–H and O–H groups in total. The second-order valence-corrected chi connectivity index (χ2v) is 8.40. The Morgan fingerprint density at radius 2 is 1.62 bits per heavy atom. The Hall–Kier alpha value is -2.38. The molecule has 0 saturated carbocycles. The highest BCUT2D eigenvalue weighted by Crippen LogP contribution is 2.20. The molecule has 0 aliphatic rings. The number of carbonyl (C=O) groups excluding carboxylic acids is 1. The molecule has 0 atom stereocenters. The van der Waals surface area contributed by atoms with E-state index in [4.69, 9.17) is 0 Å². The lowest BCUT2D eigenvalue weighted by molar-refractivity contribution is -0.119. The van der Waals surface area contributed by atoms with Crippen LogP contribution in [-0.4, -0.2) is 39.3 Å². The molecule has 2 aromatic rings. The standard InChI is InChI=1S/C19H25N3O3S/c1-15-9-11-18(12-10-15)22(26(24,25)21(3)4)14-19(23)20-13-17-8-6-5-7-16(17)2/h5-12H,13-14H2,1-4H3,(H,20,23). The van der Waals surface area contributed by atoms with E-state index in [0.717, 1.165) is 25.3 Å². The molecule has 0 fully saturated rings. The van der Waals surface area contributed by atoms with Crippen LogP contribution in [0.25, 0.3) is 0 Å². The Kier molecular flexibility index (Phi) is 6.39. The number of anilines is 1. The average Bonchev–Trinajstić information content (AvgIpc) is 2.59. The third-order valence-electron chi connectivity index (χ3n) is 4.09. The van der Waals surface area contributed by atoms with Gasteiger partial charge >= 0.3 is 10.2 Å². The third-order valence-corrected chi connectivity index (χ3v) is 5.91. The number of benzene rings is 2. The van der Waals surface area contributed by atoms with Crippen molar-refractivity contribution in [2.24, 2.45) is 0 Å². The largest absolute Gasteiger partial charge is 0.350 e. The molecule has 0 heterocycles. The van der Waals surface area contributed by atoms with E-state index < -0.39 is 10.2 Å². The molecular formula is C19H25N3O3S. The summed E-state index contributed by atoms with van der Waals surface area (Å²) in [6.07, 6.45) is 0. The molecule has 7 heteroatoms. The van der Waals surface area contributed by atoms with Crippen LogP contribution in [0.1, 0.15) is 16.7 Å². The number of hydrogen-bond donors (Lipinski definition) is 1. The van der Waals surface area contributed by atoms with Crippen molar-refractivity contribution in [1.82, 2.24) is 9.62 Å². The molecule has 0 unspecified atom stereocenters. The molecule has 0 radical (unpaired) electrons. The monoisotopic (exact) mass is 375 g/mol. The molecular weight excluding hydrogens is 350 g/mol. The van der Waals surface area contributed by atoms with Gasteiger partial charge in [-0.25, -0.2) is 4.31 Å². The molecule has 26 heavy (non-hydrogen) atoms. The number of rotatable bonds is 7. The van der Waals surface area contributed by atoms with Gasteiger partial charge in [0.05, 0.1) is 5.69 Å². The minimum atomic E-state index is -3.79. The van der Waals surface area contributed by atoms with E-state index >= 15 is 0 Å². The maximum atomic E-state index is 12.7. The van der Waals surface area contributed by atoms with E-state index in [2.05, 4.69) is 5.32 Å². The highest BCUT2D eigenvalue weighted by molar-refractivity contribution is 7.90. The quantitative estimate of drug-likeness (QED) is 0.807. The highest BCUT2D eigenvalue weighted by Gasteiger charge is 2.27. The topological polar surface area (TPSA) is 69.7 Å². The number of nitrogens with one attached hydrogen (secondary N) is 1.